The Bertz CT molecular complexity index is 1280. The molecule has 1 fully saturated rings. The molecule has 1 aliphatic heterocycles. The quantitative estimate of drug-likeness (QED) is 0.371. The fourth-order valence-corrected chi connectivity index (χ4v) is 4.33. The van der Waals surface area contributed by atoms with E-state index in [0.29, 0.717) is 29.0 Å². The van der Waals surface area contributed by atoms with Crippen LogP contribution in [-0.2, 0) is 0 Å². The largest absolute Gasteiger partial charge is 0.493 e. The molecule has 1 saturated heterocycles. The van der Waals surface area contributed by atoms with Gasteiger partial charge in [-0.25, -0.2) is 14.4 Å². The zero-order chi connectivity index (χ0) is 22.8. The molecule has 172 valence electrons. The third-order valence-corrected chi connectivity index (χ3v) is 5.97. The number of nitrogens with one attached hydrogen (secondary N) is 1. The second-order valence-electron chi connectivity index (χ2n) is 8.37. The fraction of sp³-hybridized carbons (Fsp3) is 0.360. The van der Waals surface area contributed by atoms with Crippen molar-refractivity contribution in [2.24, 2.45) is 0 Å². The number of aromatic nitrogens is 3. The number of H-pyrrole nitrogens is 1. The van der Waals surface area contributed by atoms with Crippen LogP contribution in [0.4, 0.5) is 4.39 Å². The number of fused-ring (bicyclic) bond motifs is 2. The van der Waals surface area contributed by atoms with Gasteiger partial charge in [0.15, 0.2) is 23.1 Å². The Kier molecular flexibility index (Phi) is 6.00. The van der Waals surface area contributed by atoms with Gasteiger partial charge in [-0.05, 0) is 57.5 Å². The summed E-state index contributed by atoms with van der Waals surface area (Å²) in [5.74, 6) is 1.06. The molecule has 7 nitrogen and oxygen atoms in total. The number of rotatable bonds is 8. The molecule has 0 bridgehead atoms. The Labute approximate surface area is 191 Å². The van der Waals surface area contributed by atoms with Crippen molar-refractivity contribution in [1.29, 1.82) is 0 Å². The Hall–Kier alpha value is -3.39. The molecular weight excluding hydrogens is 423 g/mol. The lowest BCUT2D eigenvalue weighted by Gasteiger charge is -2.16. The summed E-state index contributed by atoms with van der Waals surface area (Å²) in [6, 6.07) is 8.62. The number of nitrogens with zero attached hydrogens (tertiary/aromatic N) is 3. The maximum Gasteiger partial charge on any atom is 0.230 e. The van der Waals surface area contributed by atoms with Gasteiger partial charge >= 0.3 is 0 Å². The monoisotopic (exact) mass is 450 g/mol. The zero-order valence-electron chi connectivity index (χ0n) is 18.9. The number of hydrogen-bond acceptors (Lipinski definition) is 6. The molecule has 3 heterocycles. The average molecular weight is 451 g/mol. The zero-order valence-corrected chi connectivity index (χ0v) is 18.9. The van der Waals surface area contributed by atoms with Crippen molar-refractivity contribution in [2.75, 3.05) is 33.4 Å². The average Bonchev–Trinajstić information content (AvgIpc) is 3.45. The standard InChI is InChI=1S/C25H27FN4O3/c1-16-10-17-11-22(19(26)13-20(17)29-16)33-25-18-12-23(31-2)24(14-21(18)27-15-28-25)32-9-5-8-30-6-3-4-7-30/h10-15,29H,3-9H2,1-2H3. The van der Waals surface area contributed by atoms with E-state index in [2.05, 4.69) is 19.9 Å². The molecule has 1 aliphatic rings. The second-order valence-corrected chi connectivity index (χ2v) is 8.37. The summed E-state index contributed by atoms with van der Waals surface area (Å²) in [4.78, 5) is 14.2. The van der Waals surface area contributed by atoms with Crippen LogP contribution in [0, 0.1) is 12.7 Å². The molecule has 1 N–H and O–H groups in total. The highest BCUT2D eigenvalue weighted by atomic mass is 19.1. The van der Waals surface area contributed by atoms with E-state index in [0.717, 1.165) is 29.6 Å². The maximum atomic E-state index is 14.7. The van der Waals surface area contributed by atoms with Gasteiger partial charge < -0.3 is 24.1 Å². The summed E-state index contributed by atoms with van der Waals surface area (Å²) in [5.41, 5.74) is 2.30. The lowest BCUT2D eigenvalue weighted by Crippen LogP contribution is -2.21. The minimum Gasteiger partial charge on any atom is -0.493 e. The van der Waals surface area contributed by atoms with Crippen LogP contribution in [0.1, 0.15) is 25.0 Å². The van der Waals surface area contributed by atoms with Crippen molar-refractivity contribution >= 4 is 21.8 Å². The Morgan fingerprint density at radius 2 is 1.88 bits per heavy atom. The van der Waals surface area contributed by atoms with Gasteiger partial charge in [-0.1, -0.05) is 0 Å². The lowest BCUT2D eigenvalue weighted by atomic mass is 10.2. The lowest BCUT2D eigenvalue weighted by molar-refractivity contribution is 0.254. The number of hydrogen-bond donors (Lipinski definition) is 1. The van der Waals surface area contributed by atoms with E-state index in [1.807, 2.05) is 19.1 Å². The summed E-state index contributed by atoms with van der Waals surface area (Å²) in [6.07, 6.45) is 4.91. The van der Waals surface area contributed by atoms with Crippen LogP contribution in [0.2, 0.25) is 0 Å². The maximum absolute atomic E-state index is 14.7. The van der Waals surface area contributed by atoms with Crippen LogP contribution in [0.3, 0.4) is 0 Å². The Morgan fingerprint density at radius 3 is 2.70 bits per heavy atom. The predicted molar refractivity (Wildman–Crippen MR) is 125 cm³/mol. The first-order valence-corrected chi connectivity index (χ1v) is 11.3. The molecule has 2 aromatic heterocycles. The third-order valence-electron chi connectivity index (χ3n) is 5.97. The Balaban J connectivity index is 1.38. The molecule has 33 heavy (non-hydrogen) atoms. The van der Waals surface area contributed by atoms with Gasteiger partial charge in [0, 0.05) is 35.3 Å². The molecular formula is C25H27FN4O3. The van der Waals surface area contributed by atoms with E-state index < -0.39 is 5.82 Å². The smallest absolute Gasteiger partial charge is 0.230 e. The van der Waals surface area contributed by atoms with Crippen LogP contribution in [-0.4, -0.2) is 53.2 Å². The van der Waals surface area contributed by atoms with Crippen molar-refractivity contribution in [2.45, 2.75) is 26.2 Å². The molecule has 2 aromatic carbocycles. The van der Waals surface area contributed by atoms with E-state index in [9.17, 15) is 4.39 Å². The van der Waals surface area contributed by atoms with E-state index in [4.69, 9.17) is 14.2 Å². The van der Waals surface area contributed by atoms with Gasteiger partial charge in [-0.3, -0.25) is 0 Å². The van der Waals surface area contributed by atoms with Crippen molar-refractivity contribution in [3.05, 3.63) is 48.2 Å². The van der Waals surface area contributed by atoms with Crippen molar-refractivity contribution < 1.29 is 18.6 Å². The van der Waals surface area contributed by atoms with Gasteiger partial charge in [0.25, 0.3) is 0 Å². The van der Waals surface area contributed by atoms with Gasteiger partial charge in [0.1, 0.15) is 6.33 Å². The fourth-order valence-electron chi connectivity index (χ4n) is 4.33. The molecule has 5 rings (SSSR count). The highest BCUT2D eigenvalue weighted by Gasteiger charge is 2.16. The molecule has 8 heteroatoms. The molecule has 4 aromatic rings. The number of ether oxygens (including phenoxy) is 3. The number of aryl methyl sites for hydroxylation is 1. The van der Waals surface area contributed by atoms with E-state index >= 15 is 0 Å². The molecule has 0 unspecified atom stereocenters. The van der Waals surface area contributed by atoms with Crippen molar-refractivity contribution in [1.82, 2.24) is 19.9 Å². The second kappa shape index (κ2) is 9.23. The predicted octanol–water partition coefficient (Wildman–Crippen LogP) is 5.22. The molecule has 0 amide bonds. The van der Waals surface area contributed by atoms with Crippen LogP contribution in [0.25, 0.3) is 21.8 Å². The van der Waals surface area contributed by atoms with Crippen LogP contribution >= 0.6 is 0 Å². The van der Waals surface area contributed by atoms with E-state index in [1.54, 1.807) is 19.2 Å². The molecule has 0 atom stereocenters. The van der Waals surface area contributed by atoms with Crippen molar-refractivity contribution in [3.8, 4) is 23.1 Å². The first kappa shape index (κ1) is 21.5. The normalized spacial score (nSPS) is 14.3. The molecule has 0 radical (unpaired) electrons. The SMILES string of the molecule is COc1cc2c(Oc3cc4cc(C)[nH]c4cc3F)ncnc2cc1OCCCN1CCCC1. The summed E-state index contributed by atoms with van der Waals surface area (Å²) in [7, 11) is 1.59. The first-order valence-electron chi connectivity index (χ1n) is 11.3. The molecule has 0 saturated carbocycles. The molecule has 0 aliphatic carbocycles. The summed E-state index contributed by atoms with van der Waals surface area (Å²) in [5, 5.41) is 1.48. The van der Waals surface area contributed by atoms with Gasteiger partial charge in [0.05, 0.1) is 24.6 Å². The van der Waals surface area contributed by atoms with Crippen molar-refractivity contribution in [3.63, 3.8) is 0 Å². The first-order chi connectivity index (χ1) is 16.1. The number of benzene rings is 2. The number of methoxy groups -OCH3 is 1. The minimum absolute atomic E-state index is 0.0997. The van der Waals surface area contributed by atoms with Crippen LogP contribution in [0.15, 0.2) is 36.7 Å². The van der Waals surface area contributed by atoms with E-state index in [1.165, 1.54) is 38.3 Å². The van der Waals surface area contributed by atoms with E-state index in [-0.39, 0.29) is 11.6 Å². The summed E-state index contributed by atoms with van der Waals surface area (Å²) < 4.78 is 32.1. The highest BCUT2D eigenvalue weighted by Crippen LogP contribution is 2.37. The van der Waals surface area contributed by atoms with Gasteiger partial charge in [0.2, 0.25) is 5.88 Å². The van der Waals surface area contributed by atoms with Gasteiger partial charge in [-0.15, -0.1) is 0 Å². The summed E-state index contributed by atoms with van der Waals surface area (Å²) >= 11 is 0. The summed E-state index contributed by atoms with van der Waals surface area (Å²) in [6.45, 7) is 5.90. The number of halogens is 1. The topological polar surface area (TPSA) is 72.5 Å². The third kappa shape index (κ3) is 4.57. The Morgan fingerprint density at radius 1 is 1.03 bits per heavy atom. The highest BCUT2D eigenvalue weighted by molar-refractivity contribution is 5.87. The van der Waals surface area contributed by atoms with Crippen LogP contribution < -0.4 is 14.2 Å². The molecule has 0 spiro atoms. The number of likely N-dealkylation sites (tertiary alicyclic amines) is 1. The number of aromatic amines is 1. The van der Waals surface area contributed by atoms with Crippen LogP contribution in [0.5, 0.6) is 23.1 Å². The minimum atomic E-state index is -0.471. The van der Waals surface area contributed by atoms with Gasteiger partial charge in [-0.2, -0.15) is 0 Å².